The standard InChI is InChI=1S/C29H26.C28H32.C22H28.C17H18.C15H17N.C9H12/c1-19-7-5-9-23(15-19)29(24-10-6-8-20(2)16-24)27-17-21(3)11-13-25(27)26-14-12-22(4)18-28(26)29;1-5-6-7-8-16-28(23-11-9-10-20(2)17-23)26-18-21(3)12-14-24(26)25-15-13-22(4)19-27(25)28;1-5-6-7-8-13-22(4)20-14-16(2)9-11-18(20)19-12-10-17(3)15-21(19)22;1-11-5-7-13-14-8-6-12(2)10-16(14)17(3,4)15(13)9-11;1-12-9-13(2)11-15(10-12)16(3)14-7-5-4-6-8-14;1-7-4-8(2)6-9(3)5-7/h5-18H,1-4H3;9-15,17-19H,5-8,16H2,1-4H3;9-12,14-15H,5-8,13H2,1-4H3;5-10H,1-4H3;4-11H,1-3H3;4-6H,1-3H3. The van der Waals surface area contributed by atoms with Gasteiger partial charge in [0, 0.05) is 34.7 Å². The van der Waals surface area contributed by atoms with Crippen LogP contribution in [0, 0.1) is 111 Å². The lowest BCUT2D eigenvalue weighted by molar-refractivity contribution is 0.486. The number of rotatable bonds is 15. The van der Waals surface area contributed by atoms with Gasteiger partial charge >= 0.3 is 0 Å². The molecule has 0 spiro atoms. The summed E-state index contributed by atoms with van der Waals surface area (Å²) in [6.45, 7) is 46.6. The first-order valence-electron chi connectivity index (χ1n) is 45.0. The Bertz CT molecular complexity index is 5700. The van der Waals surface area contributed by atoms with Gasteiger partial charge in [0.1, 0.15) is 0 Å². The van der Waals surface area contributed by atoms with E-state index in [0.717, 1.165) is 0 Å². The molecule has 14 aromatic carbocycles. The number of hydrogen-bond acceptors (Lipinski definition) is 1. The van der Waals surface area contributed by atoms with Gasteiger partial charge in [-0.05, 0) is 265 Å². The van der Waals surface area contributed by atoms with Crippen LogP contribution in [0.4, 0.5) is 11.4 Å². The Kier molecular flexibility index (Phi) is 27.2. The second kappa shape index (κ2) is 37.5. The third-order valence-electron chi connectivity index (χ3n) is 26.3. The average molecular weight is 1590 g/mol. The summed E-state index contributed by atoms with van der Waals surface area (Å²) in [5.41, 5.74) is 51.2. The molecule has 0 amide bonds. The molecular formula is C120H133N. The number of hydrogen-bond donors (Lipinski definition) is 0. The summed E-state index contributed by atoms with van der Waals surface area (Å²) in [5.74, 6) is 0. The molecule has 121 heavy (non-hydrogen) atoms. The highest BCUT2D eigenvalue weighted by atomic mass is 15.1. The Morgan fingerprint density at radius 3 is 0.851 bits per heavy atom. The fourth-order valence-corrected chi connectivity index (χ4v) is 20.3. The summed E-state index contributed by atoms with van der Waals surface area (Å²) in [4.78, 5) is 2.21. The highest BCUT2D eigenvalue weighted by Crippen LogP contribution is 2.59. The topological polar surface area (TPSA) is 3.24 Å². The van der Waals surface area contributed by atoms with Gasteiger partial charge in [0.15, 0.2) is 0 Å². The van der Waals surface area contributed by atoms with Crippen molar-refractivity contribution in [3.8, 4) is 44.5 Å². The molecule has 0 aromatic heterocycles. The number of fused-ring (bicyclic) bond motifs is 12. The molecule has 0 bridgehead atoms. The fourth-order valence-electron chi connectivity index (χ4n) is 20.3. The summed E-state index contributed by atoms with van der Waals surface area (Å²) >= 11 is 0. The Morgan fingerprint density at radius 2 is 0.496 bits per heavy atom. The van der Waals surface area contributed by atoms with Gasteiger partial charge < -0.3 is 4.90 Å². The summed E-state index contributed by atoms with van der Waals surface area (Å²) in [6.07, 6.45) is 13.0. The lowest BCUT2D eigenvalue weighted by Gasteiger charge is -2.34. The normalized spacial score (nSPS) is 13.5. The molecule has 0 unspecified atom stereocenters. The smallest absolute Gasteiger partial charge is 0.0713 e. The summed E-state index contributed by atoms with van der Waals surface area (Å²) < 4.78 is 0. The number of anilines is 2. The molecule has 0 radical (unpaired) electrons. The SMILES string of the molecule is CCCCCCC1(C)c2cc(C)ccc2-c2ccc(C)cc21.CCCCCCC1(c2cccc(C)c2)c2cc(C)ccc2-c2ccc(C)cc21.Cc1cc(C)cc(C)c1.Cc1cc(C)cc(N(C)c2ccccc2)c1.Cc1ccc2c(c1)C(C)(C)c1cc(C)ccc1-2.Cc1cccc(C2(c3cccc(C)c3)c3cc(C)ccc3-c3ccc(C)cc32)c1. The van der Waals surface area contributed by atoms with Crippen molar-refractivity contribution in [1.82, 2.24) is 0 Å². The number of benzene rings is 14. The Morgan fingerprint density at radius 1 is 0.215 bits per heavy atom. The molecule has 0 saturated heterocycles. The first-order valence-corrected chi connectivity index (χ1v) is 45.0. The molecular weight excluding hydrogens is 1460 g/mol. The number of nitrogens with zero attached hydrogens (tertiary/aromatic N) is 1. The lowest BCUT2D eigenvalue weighted by Crippen LogP contribution is -2.29. The maximum Gasteiger partial charge on any atom is 0.0713 e. The predicted molar refractivity (Wildman–Crippen MR) is 525 cm³/mol. The van der Waals surface area contributed by atoms with Crippen molar-refractivity contribution < 1.29 is 0 Å². The van der Waals surface area contributed by atoms with E-state index in [1.807, 2.05) is 6.07 Å². The van der Waals surface area contributed by atoms with Crippen molar-refractivity contribution in [2.24, 2.45) is 0 Å². The van der Waals surface area contributed by atoms with E-state index in [1.165, 1.54) is 259 Å². The Balaban J connectivity index is 0.000000129. The zero-order valence-corrected chi connectivity index (χ0v) is 77.2. The third kappa shape index (κ3) is 18.6. The predicted octanol–water partition coefficient (Wildman–Crippen LogP) is 33.0. The van der Waals surface area contributed by atoms with Crippen LogP contribution in [0.1, 0.15) is 249 Å². The Hall–Kier alpha value is -11.1. The van der Waals surface area contributed by atoms with Crippen LogP contribution in [-0.2, 0) is 21.7 Å². The van der Waals surface area contributed by atoms with E-state index in [4.69, 9.17) is 0 Å². The highest BCUT2D eigenvalue weighted by molar-refractivity contribution is 5.88. The quantitative estimate of drug-likeness (QED) is 0.0925. The molecule has 0 N–H and O–H groups in total. The van der Waals surface area contributed by atoms with Gasteiger partial charge in [-0.1, -0.05) is 425 Å². The average Bonchev–Trinajstić information content (AvgIpc) is 1.53. The van der Waals surface area contributed by atoms with Crippen LogP contribution in [0.25, 0.3) is 44.5 Å². The summed E-state index contributed by atoms with van der Waals surface area (Å²) in [7, 11) is 2.10. The van der Waals surface area contributed by atoms with Crippen LogP contribution < -0.4 is 4.90 Å². The first-order chi connectivity index (χ1) is 58.0. The van der Waals surface area contributed by atoms with Crippen molar-refractivity contribution in [2.75, 3.05) is 11.9 Å². The molecule has 1 nitrogen and oxygen atoms in total. The van der Waals surface area contributed by atoms with Crippen molar-refractivity contribution in [3.05, 3.63) is 435 Å². The van der Waals surface area contributed by atoms with Crippen molar-refractivity contribution in [1.29, 1.82) is 0 Å². The van der Waals surface area contributed by atoms with Gasteiger partial charge in [-0.15, -0.1) is 0 Å². The van der Waals surface area contributed by atoms with E-state index in [9.17, 15) is 0 Å². The molecule has 0 heterocycles. The van der Waals surface area contributed by atoms with E-state index in [-0.39, 0.29) is 21.7 Å². The molecule has 618 valence electrons. The molecule has 18 rings (SSSR count). The Labute approximate surface area is 729 Å². The van der Waals surface area contributed by atoms with Crippen molar-refractivity contribution in [2.45, 2.75) is 231 Å². The summed E-state index contributed by atoms with van der Waals surface area (Å²) in [5, 5.41) is 0. The number of para-hydroxylation sites is 1. The molecule has 1 heteroatoms. The van der Waals surface area contributed by atoms with Gasteiger partial charge in [-0.2, -0.15) is 0 Å². The number of unbranched alkanes of at least 4 members (excludes halogenated alkanes) is 6. The van der Waals surface area contributed by atoms with Gasteiger partial charge in [0.25, 0.3) is 0 Å². The summed E-state index contributed by atoms with van der Waals surface area (Å²) in [6, 6.07) is 107. The molecule has 0 saturated carbocycles. The van der Waals surface area contributed by atoms with Crippen molar-refractivity contribution >= 4 is 11.4 Å². The van der Waals surface area contributed by atoms with Crippen LogP contribution in [0.3, 0.4) is 0 Å². The van der Waals surface area contributed by atoms with E-state index in [1.54, 1.807) is 11.1 Å². The minimum absolute atomic E-state index is 0.0253. The van der Waals surface area contributed by atoms with Crippen LogP contribution in [-0.4, -0.2) is 7.05 Å². The van der Waals surface area contributed by atoms with E-state index in [0.29, 0.717) is 0 Å². The number of aryl methyl sites for hydroxylation is 16. The van der Waals surface area contributed by atoms with Crippen LogP contribution in [0.15, 0.2) is 285 Å². The lowest BCUT2D eigenvalue weighted by atomic mass is 9.67. The second-order valence-corrected chi connectivity index (χ2v) is 37.1. The van der Waals surface area contributed by atoms with E-state index >= 15 is 0 Å². The molecule has 0 aliphatic heterocycles. The van der Waals surface area contributed by atoms with Crippen LogP contribution in [0.2, 0.25) is 0 Å². The molecule has 4 aliphatic rings. The fraction of sp³-hybridized carbons (Fsp3) is 0.300. The van der Waals surface area contributed by atoms with E-state index in [2.05, 4.69) is 436 Å². The van der Waals surface area contributed by atoms with E-state index < -0.39 is 0 Å². The maximum absolute atomic E-state index is 2.46. The van der Waals surface area contributed by atoms with Gasteiger partial charge in [0.05, 0.1) is 5.41 Å². The second-order valence-electron chi connectivity index (χ2n) is 37.1. The monoisotopic (exact) mass is 1590 g/mol. The molecule has 14 aromatic rings. The zero-order chi connectivity index (χ0) is 86.2. The minimum Gasteiger partial charge on any atom is -0.345 e. The molecule has 0 atom stereocenters. The largest absolute Gasteiger partial charge is 0.345 e. The van der Waals surface area contributed by atoms with Gasteiger partial charge in [0.2, 0.25) is 0 Å². The van der Waals surface area contributed by atoms with Gasteiger partial charge in [-0.25, -0.2) is 0 Å². The van der Waals surface area contributed by atoms with Crippen LogP contribution >= 0.6 is 0 Å². The third-order valence-corrected chi connectivity index (χ3v) is 26.3. The van der Waals surface area contributed by atoms with Gasteiger partial charge in [-0.3, -0.25) is 0 Å². The highest BCUT2D eigenvalue weighted by Gasteiger charge is 2.48. The zero-order valence-electron chi connectivity index (χ0n) is 77.2. The first kappa shape index (κ1) is 87.7. The maximum atomic E-state index is 2.46. The van der Waals surface area contributed by atoms with Crippen LogP contribution in [0.5, 0.6) is 0 Å². The molecule has 4 aliphatic carbocycles. The molecule has 0 fully saturated rings. The minimum atomic E-state index is -0.291. The van der Waals surface area contributed by atoms with Crippen molar-refractivity contribution in [3.63, 3.8) is 0 Å².